The maximum Gasteiger partial charge on any atom is 0.0593 e. The van der Waals surface area contributed by atoms with Crippen molar-refractivity contribution < 1.29 is 4.74 Å². The first-order valence-electron chi connectivity index (χ1n) is 6.29. The molecule has 0 atom stereocenters. The molecule has 0 aromatic carbocycles. The normalized spacial score (nSPS) is 28.6. The summed E-state index contributed by atoms with van der Waals surface area (Å²) in [6.45, 7) is 10.3. The minimum atomic E-state index is 0.537. The average molecular weight is 212 g/mol. The monoisotopic (exact) mass is 212 g/mol. The Balaban J connectivity index is 1.82. The van der Waals surface area contributed by atoms with Gasteiger partial charge in [-0.05, 0) is 37.8 Å². The van der Waals surface area contributed by atoms with Crippen LogP contribution in [0.2, 0.25) is 0 Å². The summed E-state index contributed by atoms with van der Waals surface area (Å²) < 4.78 is 5.49. The maximum absolute atomic E-state index is 5.49. The molecule has 0 saturated carbocycles. The van der Waals surface area contributed by atoms with E-state index in [0.29, 0.717) is 5.41 Å². The first-order valence-corrected chi connectivity index (χ1v) is 6.29. The van der Waals surface area contributed by atoms with Gasteiger partial charge in [-0.2, -0.15) is 0 Å². The van der Waals surface area contributed by atoms with E-state index in [1.165, 1.54) is 45.4 Å². The summed E-state index contributed by atoms with van der Waals surface area (Å²) in [6, 6.07) is 0. The zero-order chi connectivity index (χ0) is 10.6. The highest BCUT2D eigenvalue weighted by Crippen LogP contribution is 2.29. The lowest BCUT2D eigenvalue weighted by atomic mass is 9.80. The minimum absolute atomic E-state index is 0.537. The van der Waals surface area contributed by atoms with Crippen molar-refractivity contribution in [2.45, 2.75) is 26.2 Å². The molecular weight excluding hydrogens is 188 g/mol. The Bertz CT molecular complexity index is 182. The molecule has 15 heavy (non-hydrogen) atoms. The Morgan fingerprint density at radius 1 is 1.20 bits per heavy atom. The van der Waals surface area contributed by atoms with Gasteiger partial charge in [-0.15, -0.1) is 0 Å². The Labute approximate surface area is 93.2 Å². The summed E-state index contributed by atoms with van der Waals surface area (Å²) in [5, 5.41) is 3.45. The van der Waals surface area contributed by atoms with E-state index in [4.69, 9.17) is 4.74 Å². The van der Waals surface area contributed by atoms with Crippen molar-refractivity contribution in [1.82, 2.24) is 10.2 Å². The highest BCUT2D eigenvalue weighted by molar-refractivity contribution is 4.84. The number of nitrogens with one attached hydrogen (secondary N) is 1. The van der Waals surface area contributed by atoms with E-state index in [2.05, 4.69) is 17.1 Å². The molecule has 0 aromatic rings. The highest BCUT2D eigenvalue weighted by atomic mass is 16.5. The lowest BCUT2D eigenvalue weighted by molar-refractivity contribution is 0.112. The number of hydrogen-bond acceptors (Lipinski definition) is 3. The van der Waals surface area contributed by atoms with E-state index in [0.717, 1.165) is 19.8 Å². The van der Waals surface area contributed by atoms with Crippen molar-refractivity contribution >= 4 is 0 Å². The molecule has 0 spiro atoms. The SMILES string of the molecule is CC1(CN2CCCOCC2)CCNCC1. The van der Waals surface area contributed by atoms with Crippen LogP contribution in [0.25, 0.3) is 0 Å². The zero-order valence-electron chi connectivity index (χ0n) is 9.93. The molecule has 0 aliphatic carbocycles. The van der Waals surface area contributed by atoms with Crippen LogP contribution >= 0.6 is 0 Å². The van der Waals surface area contributed by atoms with Gasteiger partial charge in [0.25, 0.3) is 0 Å². The molecule has 2 aliphatic rings. The predicted molar refractivity (Wildman–Crippen MR) is 62.1 cm³/mol. The number of rotatable bonds is 2. The smallest absolute Gasteiger partial charge is 0.0593 e. The van der Waals surface area contributed by atoms with Crippen LogP contribution in [-0.4, -0.2) is 50.8 Å². The standard InChI is InChI=1S/C12H24N2O/c1-12(3-5-13-6-4-12)11-14-7-2-9-15-10-8-14/h13H,2-11H2,1H3. The van der Waals surface area contributed by atoms with Crippen LogP contribution in [-0.2, 0) is 4.74 Å². The van der Waals surface area contributed by atoms with Gasteiger partial charge in [0.15, 0.2) is 0 Å². The van der Waals surface area contributed by atoms with Gasteiger partial charge < -0.3 is 15.0 Å². The Hall–Kier alpha value is -0.120. The predicted octanol–water partition coefficient (Wildman–Crippen LogP) is 1.10. The molecule has 3 heteroatoms. The molecule has 2 saturated heterocycles. The van der Waals surface area contributed by atoms with Gasteiger partial charge in [-0.25, -0.2) is 0 Å². The van der Waals surface area contributed by atoms with Gasteiger partial charge in [0.05, 0.1) is 6.61 Å². The van der Waals surface area contributed by atoms with Gasteiger partial charge in [0.1, 0.15) is 0 Å². The van der Waals surface area contributed by atoms with E-state index < -0.39 is 0 Å². The van der Waals surface area contributed by atoms with E-state index >= 15 is 0 Å². The van der Waals surface area contributed by atoms with Crippen LogP contribution in [0.1, 0.15) is 26.2 Å². The molecule has 2 heterocycles. The Morgan fingerprint density at radius 3 is 2.80 bits per heavy atom. The van der Waals surface area contributed by atoms with Gasteiger partial charge in [-0.1, -0.05) is 6.92 Å². The first kappa shape index (κ1) is 11.4. The molecule has 0 unspecified atom stereocenters. The summed E-state index contributed by atoms with van der Waals surface area (Å²) in [5.41, 5.74) is 0.537. The number of nitrogens with zero attached hydrogens (tertiary/aromatic N) is 1. The van der Waals surface area contributed by atoms with Crippen molar-refractivity contribution in [3.8, 4) is 0 Å². The summed E-state index contributed by atoms with van der Waals surface area (Å²) in [5.74, 6) is 0. The van der Waals surface area contributed by atoms with E-state index in [1.807, 2.05) is 0 Å². The summed E-state index contributed by atoms with van der Waals surface area (Å²) in [7, 11) is 0. The molecule has 2 aliphatic heterocycles. The zero-order valence-corrected chi connectivity index (χ0v) is 9.93. The highest BCUT2D eigenvalue weighted by Gasteiger charge is 2.29. The fourth-order valence-corrected chi connectivity index (χ4v) is 2.68. The summed E-state index contributed by atoms with van der Waals surface area (Å²) >= 11 is 0. The van der Waals surface area contributed by atoms with E-state index in [1.54, 1.807) is 0 Å². The third-order valence-electron chi connectivity index (χ3n) is 3.73. The van der Waals surface area contributed by atoms with Crippen LogP contribution in [0.4, 0.5) is 0 Å². The number of piperidine rings is 1. The second-order valence-electron chi connectivity index (χ2n) is 5.30. The molecule has 1 N–H and O–H groups in total. The van der Waals surface area contributed by atoms with Crippen LogP contribution < -0.4 is 5.32 Å². The van der Waals surface area contributed by atoms with Gasteiger partial charge >= 0.3 is 0 Å². The molecule has 0 aromatic heterocycles. The Kier molecular flexibility index (Phi) is 4.00. The molecule has 0 radical (unpaired) electrons. The molecule has 0 amide bonds. The van der Waals surface area contributed by atoms with Gasteiger partial charge in [0.2, 0.25) is 0 Å². The van der Waals surface area contributed by atoms with Crippen molar-refractivity contribution in [1.29, 1.82) is 0 Å². The van der Waals surface area contributed by atoms with Crippen molar-refractivity contribution in [2.24, 2.45) is 5.41 Å². The Morgan fingerprint density at radius 2 is 2.00 bits per heavy atom. The van der Waals surface area contributed by atoms with Crippen LogP contribution in [0.15, 0.2) is 0 Å². The average Bonchev–Trinajstić information content (AvgIpc) is 2.47. The number of ether oxygens (including phenoxy) is 1. The van der Waals surface area contributed by atoms with Crippen molar-refractivity contribution in [3.05, 3.63) is 0 Å². The summed E-state index contributed by atoms with van der Waals surface area (Å²) in [6.07, 6.45) is 3.85. The largest absolute Gasteiger partial charge is 0.380 e. The van der Waals surface area contributed by atoms with Crippen LogP contribution in [0, 0.1) is 5.41 Å². The fraction of sp³-hybridized carbons (Fsp3) is 1.00. The molecule has 2 rings (SSSR count). The lowest BCUT2D eigenvalue weighted by Crippen LogP contribution is -2.43. The molecule has 3 nitrogen and oxygen atoms in total. The molecule has 0 bridgehead atoms. The molecule has 88 valence electrons. The third-order valence-corrected chi connectivity index (χ3v) is 3.73. The number of hydrogen-bond donors (Lipinski definition) is 1. The maximum atomic E-state index is 5.49. The minimum Gasteiger partial charge on any atom is -0.380 e. The topological polar surface area (TPSA) is 24.5 Å². The van der Waals surface area contributed by atoms with Crippen molar-refractivity contribution in [3.63, 3.8) is 0 Å². The second-order valence-corrected chi connectivity index (χ2v) is 5.30. The fourth-order valence-electron chi connectivity index (χ4n) is 2.68. The first-order chi connectivity index (χ1) is 7.29. The van der Waals surface area contributed by atoms with Crippen LogP contribution in [0.5, 0.6) is 0 Å². The van der Waals surface area contributed by atoms with Gasteiger partial charge in [0, 0.05) is 26.2 Å². The molecular formula is C12H24N2O. The third kappa shape index (κ3) is 3.44. The van der Waals surface area contributed by atoms with E-state index in [9.17, 15) is 0 Å². The quantitative estimate of drug-likeness (QED) is 0.742. The van der Waals surface area contributed by atoms with Gasteiger partial charge in [-0.3, -0.25) is 0 Å². The molecule has 2 fully saturated rings. The van der Waals surface area contributed by atoms with E-state index in [-0.39, 0.29) is 0 Å². The van der Waals surface area contributed by atoms with Crippen molar-refractivity contribution in [2.75, 3.05) is 45.9 Å². The van der Waals surface area contributed by atoms with Crippen LogP contribution in [0.3, 0.4) is 0 Å². The lowest BCUT2D eigenvalue weighted by Gasteiger charge is -2.38. The second kappa shape index (κ2) is 5.28. The summed E-state index contributed by atoms with van der Waals surface area (Å²) in [4.78, 5) is 2.60.